The summed E-state index contributed by atoms with van der Waals surface area (Å²) in [7, 11) is 2.02. The van der Waals surface area contributed by atoms with Crippen LogP contribution >= 0.6 is 11.3 Å². The van der Waals surface area contributed by atoms with E-state index >= 15 is 0 Å². The molecule has 19 heavy (non-hydrogen) atoms. The smallest absolute Gasteiger partial charge is 0.275 e. The molecule has 4 nitrogen and oxygen atoms in total. The number of fused-ring (bicyclic) bond motifs is 1. The number of quaternary nitrogens is 1. The van der Waals surface area contributed by atoms with Crippen molar-refractivity contribution in [3.63, 3.8) is 0 Å². The summed E-state index contributed by atoms with van der Waals surface area (Å²) in [5, 5.41) is 3.99. The molecule has 0 fully saturated rings. The van der Waals surface area contributed by atoms with Gasteiger partial charge in [0.15, 0.2) is 6.54 Å². The fraction of sp³-hybridized carbons (Fsp3) is 0.429. The fourth-order valence-corrected chi connectivity index (χ4v) is 3.04. The van der Waals surface area contributed by atoms with Gasteiger partial charge in [-0.1, -0.05) is 12.1 Å². The Morgan fingerprint density at radius 1 is 1.42 bits per heavy atom. The van der Waals surface area contributed by atoms with Crippen LogP contribution in [0, 0.1) is 0 Å². The van der Waals surface area contributed by atoms with Crippen molar-refractivity contribution in [2.75, 3.05) is 13.6 Å². The van der Waals surface area contributed by atoms with Crippen LogP contribution < -0.4 is 10.2 Å². The maximum Gasteiger partial charge on any atom is 0.275 e. The van der Waals surface area contributed by atoms with Crippen molar-refractivity contribution in [2.24, 2.45) is 0 Å². The molecule has 0 saturated carbocycles. The van der Waals surface area contributed by atoms with Crippen LogP contribution in [0.1, 0.15) is 18.9 Å². The first-order valence-corrected chi connectivity index (χ1v) is 7.31. The number of carbonyl (C=O) groups excluding carboxylic acids is 1. The Morgan fingerprint density at radius 3 is 2.84 bits per heavy atom. The van der Waals surface area contributed by atoms with Crippen molar-refractivity contribution in [2.45, 2.75) is 26.4 Å². The molecule has 1 aromatic carbocycles. The molecule has 2 N–H and O–H groups in total. The molecule has 0 aliphatic rings. The second-order valence-electron chi connectivity index (χ2n) is 5.11. The third kappa shape index (κ3) is 4.01. The molecule has 1 amide bonds. The van der Waals surface area contributed by atoms with Gasteiger partial charge in [-0.2, -0.15) is 0 Å². The molecule has 0 saturated heterocycles. The predicted octanol–water partition coefficient (Wildman–Crippen LogP) is 0.836. The van der Waals surface area contributed by atoms with E-state index in [0.717, 1.165) is 22.0 Å². The minimum Gasteiger partial charge on any atom is -0.349 e. The zero-order valence-corrected chi connectivity index (χ0v) is 12.4. The molecule has 0 aliphatic carbocycles. The monoisotopic (exact) mass is 278 g/mol. The first-order valence-electron chi connectivity index (χ1n) is 6.49. The number of hydrogen-bond donors (Lipinski definition) is 2. The maximum absolute atomic E-state index is 11.7. The minimum absolute atomic E-state index is 0.0913. The minimum atomic E-state index is 0.0913. The van der Waals surface area contributed by atoms with Crippen molar-refractivity contribution in [3.8, 4) is 0 Å². The number of amides is 1. The van der Waals surface area contributed by atoms with E-state index in [-0.39, 0.29) is 11.9 Å². The number of hydrogen-bond acceptors (Lipinski definition) is 3. The number of nitrogens with one attached hydrogen (secondary N) is 2. The highest BCUT2D eigenvalue weighted by molar-refractivity contribution is 7.18. The Bertz CT molecular complexity index is 532. The Morgan fingerprint density at radius 2 is 2.16 bits per heavy atom. The van der Waals surface area contributed by atoms with Gasteiger partial charge < -0.3 is 10.2 Å². The lowest BCUT2D eigenvalue weighted by molar-refractivity contribution is -0.885. The van der Waals surface area contributed by atoms with Crippen LogP contribution in [0.2, 0.25) is 0 Å². The average molecular weight is 278 g/mol. The molecule has 2 aromatic rings. The number of likely N-dealkylation sites (N-methyl/N-ethyl adjacent to an activating group) is 1. The molecule has 0 radical (unpaired) electrons. The molecular formula is C14H20N3OS+. The molecular weight excluding hydrogens is 258 g/mol. The van der Waals surface area contributed by atoms with E-state index in [1.54, 1.807) is 11.3 Å². The van der Waals surface area contributed by atoms with Crippen LogP contribution in [0.25, 0.3) is 10.2 Å². The number of aromatic nitrogens is 1. The van der Waals surface area contributed by atoms with Gasteiger partial charge in [-0.3, -0.25) is 4.79 Å². The number of rotatable bonds is 5. The van der Waals surface area contributed by atoms with Gasteiger partial charge >= 0.3 is 0 Å². The molecule has 0 bridgehead atoms. The summed E-state index contributed by atoms with van der Waals surface area (Å²) in [6.07, 6.45) is 0. The van der Waals surface area contributed by atoms with Gasteiger partial charge in [0.2, 0.25) is 0 Å². The Balaban J connectivity index is 1.94. The predicted molar refractivity (Wildman–Crippen MR) is 78.4 cm³/mol. The first-order chi connectivity index (χ1) is 9.04. The van der Waals surface area contributed by atoms with E-state index < -0.39 is 0 Å². The highest BCUT2D eigenvalue weighted by atomic mass is 32.1. The summed E-state index contributed by atoms with van der Waals surface area (Å²) < 4.78 is 1.21. The van der Waals surface area contributed by atoms with Crippen molar-refractivity contribution >= 4 is 27.5 Å². The number of nitrogens with zero attached hydrogens (tertiary/aromatic N) is 1. The zero-order chi connectivity index (χ0) is 13.8. The number of para-hydroxylation sites is 1. The van der Waals surface area contributed by atoms with Gasteiger partial charge in [0.25, 0.3) is 5.91 Å². The van der Waals surface area contributed by atoms with Crippen LogP contribution in [0.4, 0.5) is 0 Å². The fourth-order valence-electron chi connectivity index (χ4n) is 1.96. The van der Waals surface area contributed by atoms with Crippen LogP contribution in [0.15, 0.2) is 24.3 Å². The summed E-state index contributed by atoms with van der Waals surface area (Å²) >= 11 is 1.70. The van der Waals surface area contributed by atoms with Crippen molar-refractivity contribution in [1.82, 2.24) is 10.3 Å². The summed E-state index contributed by atoms with van der Waals surface area (Å²) in [5.74, 6) is 0.0913. The number of thiazole rings is 1. The second kappa shape index (κ2) is 6.12. The summed E-state index contributed by atoms with van der Waals surface area (Å²) in [4.78, 5) is 17.4. The van der Waals surface area contributed by atoms with E-state index in [9.17, 15) is 4.79 Å². The molecule has 5 heteroatoms. The Hall–Kier alpha value is -1.46. The standard InChI is InChI=1S/C14H19N3OS/c1-10(2)15-13(18)8-17(3)9-14-16-11-6-4-5-7-12(11)19-14/h4-7,10H,8-9H2,1-3H3,(H,15,18)/p+1. The normalized spacial score (nSPS) is 12.8. The second-order valence-corrected chi connectivity index (χ2v) is 6.22. The molecule has 2 rings (SSSR count). The molecule has 1 unspecified atom stereocenters. The highest BCUT2D eigenvalue weighted by Crippen LogP contribution is 2.20. The quantitative estimate of drug-likeness (QED) is 0.851. The third-order valence-corrected chi connectivity index (χ3v) is 3.74. The van der Waals surface area contributed by atoms with Crippen LogP contribution in [0.3, 0.4) is 0 Å². The summed E-state index contributed by atoms with van der Waals surface area (Å²) in [5.41, 5.74) is 1.04. The number of carbonyl (C=O) groups is 1. The van der Waals surface area contributed by atoms with E-state index in [4.69, 9.17) is 0 Å². The zero-order valence-electron chi connectivity index (χ0n) is 11.6. The molecule has 1 atom stereocenters. The topological polar surface area (TPSA) is 46.4 Å². The number of benzene rings is 1. The lowest BCUT2D eigenvalue weighted by Gasteiger charge is -2.13. The molecule has 102 valence electrons. The maximum atomic E-state index is 11.7. The van der Waals surface area contributed by atoms with E-state index in [2.05, 4.69) is 16.4 Å². The molecule has 1 aromatic heterocycles. The Labute approximate surface area is 117 Å². The van der Waals surface area contributed by atoms with Gasteiger partial charge in [0, 0.05) is 6.04 Å². The van der Waals surface area contributed by atoms with Crippen LogP contribution in [0.5, 0.6) is 0 Å². The summed E-state index contributed by atoms with van der Waals surface area (Å²) in [6, 6.07) is 8.32. The largest absolute Gasteiger partial charge is 0.349 e. The highest BCUT2D eigenvalue weighted by Gasteiger charge is 2.13. The Kier molecular flexibility index (Phi) is 4.50. The van der Waals surface area contributed by atoms with Crippen LogP contribution in [-0.4, -0.2) is 30.5 Å². The first kappa shape index (κ1) is 14.0. The van der Waals surface area contributed by atoms with E-state index in [0.29, 0.717) is 6.54 Å². The van der Waals surface area contributed by atoms with Crippen molar-refractivity contribution in [1.29, 1.82) is 0 Å². The van der Waals surface area contributed by atoms with Crippen molar-refractivity contribution < 1.29 is 9.69 Å². The van der Waals surface area contributed by atoms with E-state index in [1.165, 1.54) is 4.70 Å². The molecule has 0 spiro atoms. The van der Waals surface area contributed by atoms with Gasteiger partial charge in [0.1, 0.15) is 11.6 Å². The molecule has 0 aliphatic heterocycles. The van der Waals surface area contributed by atoms with Crippen LogP contribution in [-0.2, 0) is 11.3 Å². The van der Waals surface area contributed by atoms with E-state index in [1.807, 2.05) is 39.1 Å². The lowest BCUT2D eigenvalue weighted by Crippen LogP contribution is -3.09. The third-order valence-electron chi connectivity index (χ3n) is 2.70. The average Bonchev–Trinajstić information content (AvgIpc) is 2.68. The van der Waals surface area contributed by atoms with Gasteiger partial charge in [0.05, 0.1) is 17.3 Å². The van der Waals surface area contributed by atoms with Gasteiger partial charge in [-0.25, -0.2) is 4.98 Å². The molecule has 1 heterocycles. The lowest BCUT2D eigenvalue weighted by atomic mass is 10.3. The van der Waals surface area contributed by atoms with Gasteiger partial charge in [-0.15, -0.1) is 11.3 Å². The SMILES string of the molecule is CC(C)NC(=O)C[NH+](C)Cc1nc2ccccc2s1. The van der Waals surface area contributed by atoms with Gasteiger partial charge in [-0.05, 0) is 26.0 Å². The summed E-state index contributed by atoms with van der Waals surface area (Å²) in [6.45, 7) is 5.21. The van der Waals surface area contributed by atoms with Crippen molar-refractivity contribution in [3.05, 3.63) is 29.3 Å².